The number of carboxylic acid groups (broad SMARTS) is 1. The van der Waals surface area contributed by atoms with Crippen LogP contribution in [0.2, 0.25) is 5.15 Å². The summed E-state index contributed by atoms with van der Waals surface area (Å²) in [5.74, 6) is -2.08. The molecule has 10 nitrogen and oxygen atoms in total. The van der Waals surface area contributed by atoms with E-state index in [1.807, 2.05) is 43.0 Å². The second-order valence-electron chi connectivity index (χ2n) is 10.0. The van der Waals surface area contributed by atoms with Crippen molar-refractivity contribution in [3.63, 3.8) is 0 Å². The van der Waals surface area contributed by atoms with Crippen LogP contribution in [0, 0.1) is 0 Å². The maximum Gasteiger partial charge on any atom is 0.337 e. The number of anilines is 2. The van der Waals surface area contributed by atoms with Crippen molar-refractivity contribution in [1.29, 1.82) is 0 Å². The number of benzene rings is 2. The van der Waals surface area contributed by atoms with E-state index in [0.717, 1.165) is 17.4 Å². The molecule has 0 radical (unpaired) electrons. The molecule has 1 aromatic heterocycles. The minimum Gasteiger partial charge on any atom is -0.478 e. The van der Waals surface area contributed by atoms with Gasteiger partial charge < -0.3 is 20.6 Å². The molecule has 2 heterocycles. The Kier molecular flexibility index (Phi) is 7.91. The Morgan fingerprint density at radius 1 is 1.07 bits per heavy atom. The van der Waals surface area contributed by atoms with Gasteiger partial charge in [0.05, 0.1) is 27.9 Å². The van der Waals surface area contributed by atoms with Crippen LogP contribution in [0.3, 0.4) is 0 Å². The highest BCUT2D eigenvalue weighted by Gasteiger charge is 2.52. The summed E-state index contributed by atoms with van der Waals surface area (Å²) in [7, 11) is -2.37. The van der Waals surface area contributed by atoms with Crippen LogP contribution in [-0.2, 0) is 20.0 Å². The van der Waals surface area contributed by atoms with Gasteiger partial charge >= 0.3 is 5.97 Å². The molecular weight excluding hydrogens is 556 g/mol. The highest BCUT2D eigenvalue weighted by molar-refractivity contribution is 7.90. The Morgan fingerprint density at radius 2 is 1.75 bits per heavy atom. The van der Waals surface area contributed by atoms with Gasteiger partial charge in [-0.1, -0.05) is 49.7 Å². The topological polar surface area (TPSA) is 146 Å². The lowest BCUT2D eigenvalue weighted by molar-refractivity contribution is -0.122. The smallest absolute Gasteiger partial charge is 0.337 e. The molecule has 0 unspecified atom stereocenters. The van der Waals surface area contributed by atoms with Crippen LogP contribution in [-0.4, -0.2) is 62.7 Å². The van der Waals surface area contributed by atoms with E-state index in [2.05, 4.69) is 15.6 Å². The predicted octanol–water partition coefficient (Wildman–Crippen LogP) is 3.72. The molecule has 1 aliphatic heterocycles. The van der Waals surface area contributed by atoms with Crippen molar-refractivity contribution in [3.05, 3.63) is 82.1 Å². The highest BCUT2D eigenvalue weighted by atomic mass is 35.5. The second kappa shape index (κ2) is 10.9. The summed E-state index contributed by atoms with van der Waals surface area (Å²) in [6.07, 6.45) is 2.28. The van der Waals surface area contributed by atoms with Crippen molar-refractivity contribution < 1.29 is 27.9 Å². The van der Waals surface area contributed by atoms with Crippen LogP contribution in [0.5, 0.6) is 0 Å². The fourth-order valence-corrected chi connectivity index (χ4v) is 5.99. The number of pyridine rings is 1. The average molecular weight is 585 g/mol. The summed E-state index contributed by atoms with van der Waals surface area (Å²) in [4.78, 5) is 43.7. The Morgan fingerprint density at radius 3 is 2.35 bits per heavy atom. The van der Waals surface area contributed by atoms with E-state index in [1.165, 1.54) is 37.5 Å². The van der Waals surface area contributed by atoms with Crippen LogP contribution < -0.4 is 15.5 Å². The minimum absolute atomic E-state index is 0.0952. The maximum absolute atomic E-state index is 14.1. The van der Waals surface area contributed by atoms with Gasteiger partial charge in [-0.2, -0.15) is 0 Å². The number of aromatic carboxylic acids is 1. The number of sulfone groups is 1. The molecule has 1 fully saturated rings. The first-order chi connectivity index (χ1) is 18.8. The lowest BCUT2D eigenvalue weighted by Crippen LogP contribution is -2.65. The van der Waals surface area contributed by atoms with Crippen molar-refractivity contribution in [1.82, 2.24) is 10.3 Å². The van der Waals surface area contributed by atoms with Crippen LogP contribution in [0.1, 0.15) is 51.6 Å². The molecule has 1 aliphatic rings. The number of aromatic nitrogens is 1. The Labute approximate surface area is 237 Å². The molecule has 3 N–H and O–H groups in total. The molecule has 0 saturated carbocycles. The number of hydrogen-bond donors (Lipinski definition) is 3. The number of carboxylic acids is 1. The standard InChI is InChI=1S/C28H29ClN4O6S/c1-16(2)18-7-5-6-8-21(18)28(27(37)32-22-13-31-24(29)12-20(22)25(34)30-3)14-33(15-28)17-9-10-19(26(35)36)23(11-17)40(4,38)39/h5-13,16H,14-15H2,1-4H3,(H,30,34)(H,32,37)(H,35,36). The second-order valence-corrected chi connectivity index (χ2v) is 12.4. The van der Waals surface area contributed by atoms with Crippen molar-refractivity contribution >= 4 is 50.6 Å². The molecule has 4 rings (SSSR count). The SMILES string of the molecule is CNC(=O)c1cc(Cl)ncc1NC(=O)C1(c2ccccc2C(C)C)CN(c2ccc(C(=O)O)c(S(C)(=O)=O)c2)C1. The Balaban J connectivity index is 1.77. The summed E-state index contributed by atoms with van der Waals surface area (Å²) in [6.45, 7) is 4.40. The number of nitrogens with zero attached hydrogens (tertiary/aromatic N) is 2. The van der Waals surface area contributed by atoms with Crippen LogP contribution in [0.4, 0.5) is 11.4 Å². The van der Waals surface area contributed by atoms with Gasteiger partial charge in [-0.15, -0.1) is 0 Å². The third-order valence-electron chi connectivity index (χ3n) is 7.01. The van der Waals surface area contributed by atoms with E-state index in [1.54, 1.807) is 0 Å². The van der Waals surface area contributed by atoms with Gasteiger partial charge in [-0.3, -0.25) is 9.59 Å². The number of amides is 2. The van der Waals surface area contributed by atoms with E-state index in [-0.39, 0.29) is 51.8 Å². The van der Waals surface area contributed by atoms with E-state index in [9.17, 15) is 27.9 Å². The number of carbonyl (C=O) groups excluding carboxylic acids is 2. The average Bonchev–Trinajstić information content (AvgIpc) is 2.88. The van der Waals surface area contributed by atoms with Crippen molar-refractivity contribution in [2.24, 2.45) is 0 Å². The van der Waals surface area contributed by atoms with Gasteiger partial charge in [-0.05, 0) is 41.3 Å². The molecule has 1 saturated heterocycles. The zero-order valence-electron chi connectivity index (χ0n) is 22.4. The normalized spacial score (nSPS) is 14.4. The highest BCUT2D eigenvalue weighted by Crippen LogP contribution is 2.42. The quantitative estimate of drug-likeness (QED) is 0.340. The van der Waals surface area contributed by atoms with E-state index in [0.29, 0.717) is 5.69 Å². The maximum atomic E-state index is 14.1. The Hall–Kier alpha value is -3.96. The predicted molar refractivity (Wildman–Crippen MR) is 152 cm³/mol. The number of halogens is 1. The van der Waals surface area contributed by atoms with Crippen molar-refractivity contribution in [3.8, 4) is 0 Å². The summed E-state index contributed by atoms with van der Waals surface area (Å²) in [5, 5.41) is 15.0. The molecule has 0 aliphatic carbocycles. The zero-order chi connectivity index (χ0) is 29.4. The van der Waals surface area contributed by atoms with Crippen molar-refractivity contribution in [2.75, 3.05) is 36.6 Å². The first kappa shape index (κ1) is 29.0. The zero-order valence-corrected chi connectivity index (χ0v) is 23.9. The molecule has 2 aromatic carbocycles. The fourth-order valence-electron chi connectivity index (χ4n) is 4.95. The van der Waals surface area contributed by atoms with E-state index >= 15 is 0 Å². The minimum atomic E-state index is -3.84. The fraction of sp³-hybridized carbons (Fsp3) is 0.286. The van der Waals surface area contributed by atoms with E-state index in [4.69, 9.17) is 11.6 Å². The van der Waals surface area contributed by atoms with Gasteiger partial charge in [0.2, 0.25) is 5.91 Å². The molecule has 0 bridgehead atoms. The summed E-state index contributed by atoms with van der Waals surface area (Å²) < 4.78 is 24.7. The first-order valence-corrected chi connectivity index (χ1v) is 14.7. The molecule has 0 atom stereocenters. The van der Waals surface area contributed by atoms with Crippen molar-refractivity contribution in [2.45, 2.75) is 30.1 Å². The summed E-state index contributed by atoms with van der Waals surface area (Å²) in [6, 6.07) is 13.1. The Bertz CT molecular complexity index is 1620. The molecule has 3 aromatic rings. The third kappa shape index (κ3) is 5.39. The lowest BCUT2D eigenvalue weighted by atomic mass is 9.69. The number of rotatable bonds is 8. The van der Waals surface area contributed by atoms with Crippen LogP contribution in [0.25, 0.3) is 0 Å². The molecule has 12 heteroatoms. The van der Waals surface area contributed by atoms with Crippen LogP contribution >= 0.6 is 11.6 Å². The molecule has 210 valence electrons. The molecule has 2 amide bonds. The monoisotopic (exact) mass is 584 g/mol. The summed E-state index contributed by atoms with van der Waals surface area (Å²) >= 11 is 6.01. The largest absolute Gasteiger partial charge is 0.478 e. The number of nitrogens with one attached hydrogen (secondary N) is 2. The number of carbonyl (C=O) groups is 3. The molecular formula is C28H29ClN4O6S. The summed E-state index contributed by atoms with van der Waals surface area (Å²) in [5.41, 5.74) is 1.19. The molecule has 0 spiro atoms. The first-order valence-electron chi connectivity index (χ1n) is 12.4. The number of hydrogen-bond acceptors (Lipinski definition) is 7. The molecule has 40 heavy (non-hydrogen) atoms. The van der Waals surface area contributed by atoms with Gasteiger partial charge in [0.25, 0.3) is 5.91 Å². The van der Waals surface area contributed by atoms with Gasteiger partial charge in [0, 0.05) is 32.1 Å². The van der Waals surface area contributed by atoms with E-state index < -0.39 is 27.1 Å². The van der Waals surface area contributed by atoms with Gasteiger partial charge in [-0.25, -0.2) is 18.2 Å². The van der Waals surface area contributed by atoms with Gasteiger partial charge in [0.1, 0.15) is 10.6 Å². The lowest BCUT2D eigenvalue weighted by Gasteiger charge is -2.51. The van der Waals surface area contributed by atoms with Crippen LogP contribution in [0.15, 0.2) is 59.6 Å². The third-order valence-corrected chi connectivity index (χ3v) is 8.35. The van der Waals surface area contributed by atoms with Gasteiger partial charge in [0.15, 0.2) is 9.84 Å².